The molecule has 2 aliphatic heterocycles. The van der Waals surface area contributed by atoms with E-state index in [2.05, 4.69) is 4.90 Å². The van der Waals surface area contributed by atoms with Gasteiger partial charge in [0.2, 0.25) is 5.91 Å². The van der Waals surface area contributed by atoms with Gasteiger partial charge in [0.25, 0.3) is 0 Å². The summed E-state index contributed by atoms with van der Waals surface area (Å²) in [4.78, 5) is 31.8. The lowest BCUT2D eigenvalue weighted by atomic mass is 9.90. The van der Waals surface area contributed by atoms with E-state index in [0.717, 1.165) is 5.56 Å². The topological polar surface area (TPSA) is 53.1 Å². The average Bonchev–Trinajstić information content (AvgIpc) is 3.40. The Morgan fingerprint density at radius 2 is 1.26 bits per heavy atom. The van der Waals surface area contributed by atoms with Crippen LogP contribution in [0.5, 0.6) is 0 Å². The molecule has 5 rings (SSSR count). The van der Waals surface area contributed by atoms with Gasteiger partial charge in [0.05, 0.1) is 18.5 Å². The molecule has 0 spiro atoms. The molecule has 0 unspecified atom stereocenters. The molecule has 0 N–H and O–H groups in total. The van der Waals surface area contributed by atoms with E-state index in [1.165, 1.54) is 4.90 Å². The van der Waals surface area contributed by atoms with Gasteiger partial charge in [-0.25, -0.2) is 4.79 Å². The maximum atomic E-state index is 14.1. The molecular weight excluding hydrogens is 626 g/mol. The van der Waals surface area contributed by atoms with Gasteiger partial charge in [0.15, 0.2) is 0 Å². The Bertz CT molecular complexity index is 1370. The first-order valence-corrected chi connectivity index (χ1v) is 14.9. The molecule has 3 aromatic carbocycles. The Kier molecular flexibility index (Phi) is 9.88. The Morgan fingerprint density at radius 1 is 0.767 bits per heavy atom. The molecule has 2 heterocycles. The minimum atomic E-state index is -5.14. The van der Waals surface area contributed by atoms with Crippen molar-refractivity contribution in [2.24, 2.45) is 0 Å². The van der Waals surface area contributed by atoms with E-state index in [9.17, 15) is 22.8 Å². The summed E-state index contributed by atoms with van der Waals surface area (Å²) in [5.41, 5.74) is 2.43. The smallest absolute Gasteiger partial charge is 0.452 e. The zero-order valence-corrected chi connectivity index (χ0v) is 25.2. The maximum Gasteiger partial charge on any atom is 0.490 e. The third kappa shape index (κ3) is 7.83. The number of benzene rings is 3. The predicted octanol–water partition coefficient (Wildman–Crippen LogP) is 6.28. The lowest BCUT2D eigenvalue weighted by Crippen LogP contribution is -2.54. The zero-order chi connectivity index (χ0) is 30.7. The molecule has 2 saturated heterocycles. The first-order chi connectivity index (χ1) is 20.5. The fraction of sp³-hybridized carbons (Fsp3) is 0.355. The molecule has 3 aromatic rings. The van der Waals surface area contributed by atoms with Crippen LogP contribution in [0.1, 0.15) is 22.6 Å². The second kappa shape index (κ2) is 13.4. The number of likely N-dealkylation sites (tertiary alicyclic amines) is 1. The van der Waals surface area contributed by atoms with Gasteiger partial charge in [-0.05, 0) is 53.1 Å². The van der Waals surface area contributed by atoms with Crippen molar-refractivity contribution in [3.63, 3.8) is 0 Å². The van der Waals surface area contributed by atoms with E-state index >= 15 is 0 Å². The minimum Gasteiger partial charge on any atom is -0.452 e. The molecule has 2 atom stereocenters. The standard InChI is InChI=1S/C31H29Cl3F3N3O3/c32-23-7-1-20(2-8-23)17-38-13-15-39(16-14-38)26-18-40(19-27(26)43-30(42)31(35,36)37)29(41)28(21-3-9-24(33)10-4-21)22-5-11-25(34)12-6-22/h1-12,26-28H,13-19H2/t26-,27-/m0/s1. The van der Waals surface area contributed by atoms with Crippen molar-refractivity contribution < 1.29 is 27.5 Å². The molecule has 0 radical (unpaired) electrons. The van der Waals surface area contributed by atoms with E-state index < -0.39 is 30.2 Å². The van der Waals surface area contributed by atoms with Crippen LogP contribution in [0.4, 0.5) is 13.2 Å². The van der Waals surface area contributed by atoms with Crippen LogP contribution in [0.25, 0.3) is 0 Å². The van der Waals surface area contributed by atoms with E-state index in [-0.39, 0.29) is 19.0 Å². The van der Waals surface area contributed by atoms with Crippen molar-refractivity contribution in [2.45, 2.75) is 30.8 Å². The number of ether oxygens (including phenoxy) is 1. The van der Waals surface area contributed by atoms with Crippen molar-refractivity contribution in [3.05, 3.63) is 105 Å². The number of amides is 1. The van der Waals surface area contributed by atoms with Crippen LogP contribution in [-0.2, 0) is 20.9 Å². The van der Waals surface area contributed by atoms with E-state index in [4.69, 9.17) is 39.5 Å². The van der Waals surface area contributed by atoms with Crippen LogP contribution in [-0.4, -0.2) is 84.2 Å². The molecule has 6 nitrogen and oxygen atoms in total. The van der Waals surface area contributed by atoms with E-state index in [1.807, 2.05) is 29.2 Å². The summed E-state index contributed by atoms with van der Waals surface area (Å²) in [6.45, 7) is 3.06. The van der Waals surface area contributed by atoms with Crippen LogP contribution in [0.3, 0.4) is 0 Å². The number of carbonyl (C=O) groups is 2. The SMILES string of the molecule is O=C(C(c1ccc(Cl)cc1)c1ccc(Cl)cc1)N1C[C@H](OC(=O)C(F)(F)F)[C@@H](N2CCN(Cc3ccc(Cl)cc3)CC2)C1. The summed E-state index contributed by atoms with van der Waals surface area (Å²) in [7, 11) is 0. The fourth-order valence-electron chi connectivity index (χ4n) is 5.68. The molecule has 0 aromatic heterocycles. The van der Waals surface area contributed by atoms with Crippen molar-refractivity contribution in [1.29, 1.82) is 0 Å². The van der Waals surface area contributed by atoms with Gasteiger partial charge in [-0.2, -0.15) is 13.2 Å². The fourth-order valence-corrected chi connectivity index (χ4v) is 6.06. The molecule has 1 amide bonds. The highest BCUT2D eigenvalue weighted by atomic mass is 35.5. The highest BCUT2D eigenvalue weighted by Crippen LogP contribution is 2.32. The summed E-state index contributed by atoms with van der Waals surface area (Å²) in [5, 5.41) is 1.66. The van der Waals surface area contributed by atoms with Crippen LogP contribution in [0.15, 0.2) is 72.8 Å². The highest BCUT2D eigenvalue weighted by molar-refractivity contribution is 6.31. The second-order valence-electron chi connectivity index (χ2n) is 10.7. The summed E-state index contributed by atoms with van der Waals surface area (Å²) in [6.07, 6.45) is -6.29. The monoisotopic (exact) mass is 653 g/mol. The van der Waals surface area contributed by atoms with Crippen LogP contribution >= 0.6 is 34.8 Å². The van der Waals surface area contributed by atoms with Gasteiger partial charge in [-0.1, -0.05) is 71.2 Å². The third-order valence-electron chi connectivity index (χ3n) is 7.89. The average molecular weight is 655 g/mol. The first kappa shape index (κ1) is 31.6. The lowest BCUT2D eigenvalue weighted by Gasteiger charge is -2.39. The molecule has 228 valence electrons. The Balaban J connectivity index is 1.35. The van der Waals surface area contributed by atoms with Gasteiger partial charge in [0.1, 0.15) is 6.10 Å². The summed E-state index contributed by atoms with van der Waals surface area (Å²) in [6, 6.07) is 20.7. The third-order valence-corrected chi connectivity index (χ3v) is 8.64. The van der Waals surface area contributed by atoms with Gasteiger partial charge in [0, 0.05) is 54.3 Å². The molecule has 0 saturated carbocycles. The summed E-state index contributed by atoms with van der Waals surface area (Å²) in [5.74, 6) is -3.34. The van der Waals surface area contributed by atoms with Crippen molar-refractivity contribution >= 4 is 46.7 Å². The summed E-state index contributed by atoms with van der Waals surface area (Å²) < 4.78 is 44.7. The minimum absolute atomic E-state index is 0.115. The predicted molar refractivity (Wildman–Crippen MR) is 159 cm³/mol. The number of rotatable bonds is 7. The largest absolute Gasteiger partial charge is 0.490 e. The highest BCUT2D eigenvalue weighted by Gasteiger charge is 2.48. The Morgan fingerprint density at radius 3 is 1.74 bits per heavy atom. The van der Waals surface area contributed by atoms with Gasteiger partial charge in [-0.3, -0.25) is 14.6 Å². The molecule has 2 aliphatic rings. The molecule has 0 bridgehead atoms. The number of piperazine rings is 1. The second-order valence-corrected chi connectivity index (χ2v) is 12.0. The van der Waals surface area contributed by atoms with Crippen LogP contribution in [0.2, 0.25) is 15.1 Å². The maximum absolute atomic E-state index is 14.1. The summed E-state index contributed by atoms with van der Waals surface area (Å²) >= 11 is 18.2. The quantitative estimate of drug-likeness (QED) is 0.281. The number of esters is 1. The zero-order valence-electron chi connectivity index (χ0n) is 22.9. The van der Waals surface area contributed by atoms with Crippen molar-refractivity contribution in [3.8, 4) is 0 Å². The van der Waals surface area contributed by atoms with Gasteiger partial charge in [-0.15, -0.1) is 0 Å². The first-order valence-electron chi connectivity index (χ1n) is 13.8. The van der Waals surface area contributed by atoms with Crippen LogP contribution in [0, 0.1) is 0 Å². The number of hydrogen-bond donors (Lipinski definition) is 0. The lowest BCUT2D eigenvalue weighted by molar-refractivity contribution is -0.206. The normalized spacial score (nSPS) is 20.0. The molecule has 12 heteroatoms. The van der Waals surface area contributed by atoms with Crippen molar-refractivity contribution in [1.82, 2.24) is 14.7 Å². The van der Waals surface area contributed by atoms with Crippen LogP contribution < -0.4 is 0 Å². The van der Waals surface area contributed by atoms with Gasteiger partial charge < -0.3 is 9.64 Å². The van der Waals surface area contributed by atoms with Crippen molar-refractivity contribution in [2.75, 3.05) is 39.3 Å². The molecule has 0 aliphatic carbocycles. The number of halogens is 6. The number of carbonyl (C=O) groups excluding carboxylic acids is 2. The van der Waals surface area contributed by atoms with Gasteiger partial charge >= 0.3 is 12.1 Å². The Hall–Kier alpha value is -2.82. The van der Waals surface area contributed by atoms with E-state index in [0.29, 0.717) is 58.9 Å². The number of alkyl halides is 3. The number of nitrogens with zero attached hydrogens (tertiary/aromatic N) is 3. The van der Waals surface area contributed by atoms with E-state index in [1.54, 1.807) is 48.5 Å². The molecule has 43 heavy (non-hydrogen) atoms. The number of hydrogen-bond acceptors (Lipinski definition) is 5. The molecular formula is C31H29Cl3F3N3O3. The Labute approximate surface area is 262 Å². The molecule has 2 fully saturated rings.